The van der Waals surface area contributed by atoms with Gasteiger partial charge in [0.05, 0.1) is 5.69 Å². The zero-order chi connectivity index (χ0) is 10.0. The van der Waals surface area contributed by atoms with Gasteiger partial charge in [-0.1, -0.05) is 13.2 Å². The fourth-order valence-electron chi connectivity index (χ4n) is 1.05. The number of aliphatic hydroxyl groups is 1. The second kappa shape index (κ2) is 3.31. The van der Waals surface area contributed by atoms with E-state index in [1.54, 1.807) is 6.92 Å². The number of rotatable bonds is 2. The Morgan fingerprint density at radius 1 is 1.46 bits per heavy atom. The molecule has 0 atom stereocenters. The van der Waals surface area contributed by atoms with Crippen LogP contribution in [0.5, 0.6) is 0 Å². The van der Waals surface area contributed by atoms with Crippen LogP contribution >= 0.6 is 0 Å². The van der Waals surface area contributed by atoms with E-state index in [-0.39, 0.29) is 11.3 Å². The lowest BCUT2D eigenvalue weighted by Gasteiger charge is -2.06. The highest BCUT2D eigenvalue weighted by atomic mass is 16.3. The molecule has 0 saturated carbocycles. The van der Waals surface area contributed by atoms with E-state index in [9.17, 15) is 9.90 Å². The number of nitrogens with one attached hydrogen (secondary N) is 1. The SMILES string of the molecule is C=C(O)c1ccc(=O)[nH]c1C(=C)C. The highest BCUT2D eigenvalue weighted by molar-refractivity contribution is 5.71. The number of pyridine rings is 1. The minimum Gasteiger partial charge on any atom is -0.508 e. The second-order valence-corrected chi connectivity index (χ2v) is 2.84. The van der Waals surface area contributed by atoms with Gasteiger partial charge in [-0.2, -0.15) is 0 Å². The number of hydrogen-bond acceptors (Lipinski definition) is 2. The minimum atomic E-state index is -0.219. The maximum absolute atomic E-state index is 11.0. The molecule has 0 spiro atoms. The van der Waals surface area contributed by atoms with E-state index in [0.29, 0.717) is 16.8 Å². The summed E-state index contributed by atoms with van der Waals surface area (Å²) in [6.45, 7) is 8.83. The van der Waals surface area contributed by atoms with Crippen LogP contribution in [0.15, 0.2) is 30.1 Å². The Balaban J connectivity index is 3.44. The molecule has 1 aromatic rings. The molecule has 0 aromatic carbocycles. The molecule has 0 aliphatic heterocycles. The Morgan fingerprint density at radius 3 is 2.54 bits per heavy atom. The Labute approximate surface area is 76.1 Å². The molecule has 0 aliphatic rings. The van der Waals surface area contributed by atoms with E-state index < -0.39 is 0 Å². The fraction of sp³-hybridized carbons (Fsp3) is 0.100. The van der Waals surface area contributed by atoms with Crippen LogP contribution in [0.1, 0.15) is 18.2 Å². The van der Waals surface area contributed by atoms with E-state index in [1.165, 1.54) is 12.1 Å². The summed E-state index contributed by atoms with van der Waals surface area (Å²) >= 11 is 0. The maximum atomic E-state index is 11.0. The summed E-state index contributed by atoms with van der Waals surface area (Å²) in [5, 5.41) is 9.19. The van der Waals surface area contributed by atoms with Gasteiger partial charge >= 0.3 is 0 Å². The topological polar surface area (TPSA) is 53.1 Å². The first kappa shape index (κ1) is 9.32. The predicted molar refractivity (Wildman–Crippen MR) is 53.4 cm³/mol. The molecule has 1 heterocycles. The molecule has 0 saturated heterocycles. The third-order valence-corrected chi connectivity index (χ3v) is 1.66. The standard InChI is InChI=1S/C10H11NO2/c1-6(2)10-8(7(3)12)4-5-9(13)11-10/h4-5,12H,1,3H2,2H3,(H,11,13). The van der Waals surface area contributed by atoms with Gasteiger partial charge in [0.25, 0.3) is 0 Å². The number of allylic oxidation sites excluding steroid dienone is 1. The van der Waals surface area contributed by atoms with Gasteiger partial charge in [0.15, 0.2) is 0 Å². The molecule has 13 heavy (non-hydrogen) atoms. The first-order valence-electron chi connectivity index (χ1n) is 3.80. The summed E-state index contributed by atoms with van der Waals surface area (Å²) in [4.78, 5) is 13.5. The molecule has 0 bridgehead atoms. The highest BCUT2D eigenvalue weighted by Crippen LogP contribution is 2.17. The smallest absolute Gasteiger partial charge is 0.248 e. The van der Waals surface area contributed by atoms with E-state index in [0.717, 1.165) is 0 Å². The molecule has 68 valence electrons. The molecule has 0 radical (unpaired) electrons. The Kier molecular flexibility index (Phi) is 2.37. The number of aromatic nitrogens is 1. The molecule has 1 aromatic heterocycles. The van der Waals surface area contributed by atoms with Gasteiger partial charge in [-0.15, -0.1) is 0 Å². The molecule has 0 unspecified atom stereocenters. The Morgan fingerprint density at radius 2 is 2.08 bits per heavy atom. The van der Waals surface area contributed by atoms with Crippen molar-refractivity contribution in [3.05, 3.63) is 46.9 Å². The molecular weight excluding hydrogens is 166 g/mol. The van der Waals surface area contributed by atoms with Crippen molar-refractivity contribution in [1.29, 1.82) is 0 Å². The molecule has 3 nitrogen and oxygen atoms in total. The van der Waals surface area contributed by atoms with E-state index in [1.807, 2.05) is 0 Å². The van der Waals surface area contributed by atoms with Crippen molar-refractivity contribution < 1.29 is 5.11 Å². The average Bonchev–Trinajstić information content (AvgIpc) is 2.03. The van der Waals surface area contributed by atoms with Gasteiger partial charge in [0.2, 0.25) is 5.56 Å². The predicted octanol–water partition coefficient (Wildman–Crippen LogP) is 1.94. The van der Waals surface area contributed by atoms with Crippen molar-refractivity contribution in [2.75, 3.05) is 0 Å². The summed E-state index contributed by atoms with van der Waals surface area (Å²) in [5.74, 6) is -0.0748. The maximum Gasteiger partial charge on any atom is 0.248 e. The van der Waals surface area contributed by atoms with Crippen LogP contribution in [0.2, 0.25) is 0 Å². The number of aliphatic hydroxyl groups excluding tert-OH is 1. The number of H-pyrrole nitrogens is 1. The van der Waals surface area contributed by atoms with Crippen molar-refractivity contribution in [3.8, 4) is 0 Å². The summed E-state index contributed by atoms with van der Waals surface area (Å²) in [5.41, 5.74) is 1.50. The molecule has 3 heteroatoms. The van der Waals surface area contributed by atoms with Crippen LogP contribution < -0.4 is 5.56 Å². The molecule has 2 N–H and O–H groups in total. The summed E-state index contributed by atoms with van der Waals surface area (Å²) in [6, 6.07) is 2.86. The van der Waals surface area contributed by atoms with Crippen LogP contribution in [0.4, 0.5) is 0 Å². The average molecular weight is 177 g/mol. The van der Waals surface area contributed by atoms with Gasteiger partial charge in [-0.25, -0.2) is 0 Å². The van der Waals surface area contributed by atoms with Crippen molar-refractivity contribution in [2.45, 2.75) is 6.92 Å². The van der Waals surface area contributed by atoms with Crippen LogP contribution in [0.3, 0.4) is 0 Å². The van der Waals surface area contributed by atoms with Crippen LogP contribution in [-0.2, 0) is 0 Å². The summed E-state index contributed by atoms with van der Waals surface area (Å²) in [7, 11) is 0. The Hall–Kier alpha value is -1.77. The van der Waals surface area contributed by atoms with Crippen molar-refractivity contribution in [2.24, 2.45) is 0 Å². The van der Waals surface area contributed by atoms with E-state index in [4.69, 9.17) is 0 Å². The third kappa shape index (κ3) is 1.87. The Bertz CT molecular complexity index is 415. The van der Waals surface area contributed by atoms with Gasteiger partial charge in [0.1, 0.15) is 5.76 Å². The summed E-state index contributed by atoms with van der Waals surface area (Å²) < 4.78 is 0. The largest absolute Gasteiger partial charge is 0.508 e. The van der Waals surface area contributed by atoms with Gasteiger partial charge in [-0.3, -0.25) is 4.79 Å². The quantitative estimate of drug-likeness (QED) is 0.678. The first-order chi connectivity index (χ1) is 6.02. The molecule has 0 fully saturated rings. The molecule has 0 amide bonds. The fourth-order valence-corrected chi connectivity index (χ4v) is 1.05. The second-order valence-electron chi connectivity index (χ2n) is 2.84. The molecular formula is C10H11NO2. The van der Waals surface area contributed by atoms with E-state index in [2.05, 4.69) is 18.1 Å². The zero-order valence-corrected chi connectivity index (χ0v) is 7.42. The third-order valence-electron chi connectivity index (χ3n) is 1.66. The minimum absolute atomic E-state index is 0.0748. The lowest BCUT2D eigenvalue weighted by Crippen LogP contribution is -2.08. The monoisotopic (exact) mass is 177 g/mol. The van der Waals surface area contributed by atoms with Crippen LogP contribution in [-0.4, -0.2) is 10.1 Å². The molecule has 0 aliphatic carbocycles. The normalized spacial score (nSPS) is 9.62. The van der Waals surface area contributed by atoms with Crippen molar-refractivity contribution >= 4 is 11.3 Å². The van der Waals surface area contributed by atoms with E-state index >= 15 is 0 Å². The van der Waals surface area contributed by atoms with Crippen LogP contribution in [0.25, 0.3) is 11.3 Å². The van der Waals surface area contributed by atoms with Gasteiger partial charge < -0.3 is 10.1 Å². The van der Waals surface area contributed by atoms with Crippen molar-refractivity contribution in [1.82, 2.24) is 4.98 Å². The number of aromatic amines is 1. The zero-order valence-electron chi connectivity index (χ0n) is 7.42. The summed E-state index contributed by atoms with van der Waals surface area (Å²) in [6.07, 6.45) is 0. The van der Waals surface area contributed by atoms with Gasteiger partial charge in [-0.05, 0) is 18.6 Å². The molecule has 1 rings (SSSR count). The number of hydrogen-bond donors (Lipinski definition) is 2. The highest BCUT2D eigenvalue weighted by Gasteiger charge is 2.05. The lowest BCUT2D eigenvalue weighted by molar-refractivity contribution is 0.513. The lowest BCUT2D eigenvalue weighted by atomic mass is 10.1. The first-order valence-corrected chi connectivity index (χ1v) is 3.80. The van der Waals surface area contributed by atoms with Crippen molar-refractivity contribution in [3.63, 3.8) is 0 Å². The van der Waals surface area contributed by atoms with Gasteiger partial charge in [0, 0.05) is 11.6 Å². The van der Waals surface area contributed by atoms with Crippen LogP contribution in [0, 0.1) is 0 Å².